The third-order valence-corrected chi connectivity index (χ3v) is 3.75. The predicted molar refractivity (Wildman–Crippen MR) is 76.7 cm³/mol. The second-order valence-corrected chi connectivity index (χ2v) is 4.95. The van der Waals surface area contributed by atoms with Crippen LogP contribution in [-0.4, -0.2) is 36.5 Å². The van der Waals surface area contributed by atoms with Gasteiger partial charge in [-0.25, -0.2) is 4.98 Å². The summed E-state index contributed by atoms with van der Waals surface area (Å²) in [6.45, 7) is 2.61. The van der Waals surface area contributed by atoms with Gasteiger partial charge in [-0.1, -0.05) is 12.1 Å². The van der Waals surface area contributed by atoms with Crippen LogP contribution in [0.15, 0.2) is 29.6 Å². The van der Waals surface area contributed by atoms with Crippen molar-refractivity contribution < 1.29 is 9.53 Å². The van der Waals surface area contributed by atoms with Crippen LogP contribution in [0.4, 0.5) is 0 Å². The number of hydrogen-bond donors (Lipinski definition) is 0. The van der Waals surface area contributed by atoms with Gasteiger partial charge in [-0.3, -0.25) is 4.79 Å². The zero-order chi connectivity index (χ0) is 13.8. The Morgan fingerprint density at radius 3 is 2.95 bits per heavy atom. The third-order valence-electron chi connectivity index (χ3n) is 2.86. The summed E-state index contributed by atoms with van der Waals surface area (Å²) < 4.78 is 5.19. The minimum absolute atomic E-state index is 0.0482. The van der Waals surface area contributed by atoms with Gasteiger partial charge in [0.05, 0.1) is 7.11 Å². The van der Waals surface area contributed by atoms with Crippen molar-refractivity contribution in [2.75, 3.05) is 20.7 Å². The highest BCUT2D eigenvalue weighted by atomic mass is 32.1. The Balaban J connectivity index is 2.27. The first-order valence-corrected chi connectivity index (χ1v) is 6.89. The summed E-state index contributed by atoms with van der Waals surface area (Å²) >= 11 is 1.46. The van der Waals surface area contributed by atoms with Crippen molar-refractivity contribution in [1.82, 2.24) is 9.88 Å². The first-order chi connectivity index (χ1) is 9.15. The fourth-order valence-electron chi connectivity index (χ4n) is 1.60. The van der Waals surface area contributed by atoms with E-state index in [0.29, 0.717) is 12.2 Å². The van der Waals surface area contributed by atoms with Gasteiger partial charge >= 0.3 is 0 Å². The van der Waals surface area contributed by atoms with Gasteiger partial charge in [0.1, 0.15) is 16.5 Å². The van der Waals surface area contributed by atoms with Gasteiger partial charge in [0.2, 0.25) is 0 Å². The smallest absolute Gasteiger partial charge is 0.273 e. The van der Waals surface area contributed by atoms with Crippen LogP contribution in [0.2, 0.25) is 0 Å². The summed E-state index contributed by atoms with van der Waals surface area (Å²) in [4.78, 5) is 18.0. The topological polar surface area (TPSA) is 42.4 Å². The van der Waals surface area contributed by atoms with Crippen LogP contribution in [0.1, 0.15) is 17.4 Å². The van der Waals surface area contributed by atoms with Crippen LogP contribution in [0.5, 0.6) is 5.75 Å². The Morgan fingerprint density at radius 1 is 1.47 bits per heavy atom. The van der Waals surface area contributed by atoms with E-state index in [4.69, 9.17) is 4.74 Å². The molecule has 100 valence electrons. The molecule has 0 saturated heterocycles. The third kappa shape index (κ3) is 2.93. The van der Waals surface area contributed by atoms with Crippen LogP contribution in [0.25, 0.3) is 10.6 Å². The minimum atomic E-state index is -0.0482. The van der Waals surface area contributed by atoms with Crippen molar-refractivity contribution in [2.45, 2.75) is 6.92 Å². The van der Waals surface area contributed by atoms with Gasteiger partial charge in [0, 0.05) is 24.5 Å². The summed E-state index contributed by atoms with van der Waals surface area (Å²) in [6, 6.07) is 7.67. The molecule has 2 rings (SSSR count). The zero-order valence-electron chi connectivity index (χ0n) is 11.2. The van der Waals surface area contributed by atoms with E-state index in [1.54, 1.807) is 24.4 Å². The Kier molecular flexibility index (Phi) is 4.16. The number of rotatable bonds is 4. The molecule has 0 spiro atoms. The average Bonchev–Trinajstić information content (AvgIpc) is 2.95. The molecule has 4 nitrogen and oxygen atoms in total. The van der Waals surface area contributed by atoms with Gasteiger partial charge in [0.25, 0.3) is 5.91 Å². The van der Waals surface area contributed by atoms with Crippen LogP contribution in [-0.2, 0) is 0 Å². The highest BCUT2D eigenvalue weighted by Gasteiger charge is 2.14. The SMILES string of the molecule is CCN(C)C(=O)c1csc(-c2cccc(OC)c2)n1. The quantitative estimate of drug-likeness (QED) is 0.862. The van der Waals surface area contributed by atoms with E-state index in [1.807, 2.05) is 31.2 Å². The maximum atomic E-state index is 12.0. The number of carbonyl (C=O) groups excluding carboxylic acids is 1. The van der Waals surface area contributed by atoms with Gasteiger partial charge < -0.3 is 9.64 Å². The molecule has 0 unspecified atom stereocenters. The largest absolute Gasteiger partial charge is 0.497 e. The molecule has 0 atom stereocenters. The first kappa shape index (κ1) is 13.5. The molecular weight excluding hydrogens is 260 g/mol. The molecule has 0 bridgehead atoms. The lowest BCUT2D eigenvalue weighted by Crippen LogP contribution is -2.26. The molecule has 19 heavy (non-hydrogen) atoms. The zero-order valence-corrected chi connectivity index (χ0v) is 12.0. The lowest BCUT2D eigenvalue weighted by Gasteiger charge is -2.11. The summed E-state index contributed by atoms with van der Waals surface area (Å²) in [5, 5.41) is 2.62. The molecule has 1 amide bonds. The lowest BCUT2D eigenvalue weighted by molar-refractivity contribution is 0.0797. The van der Waals surface area contributed by atoms with Gasteiger partial charge in [-0.2, -0.15) is 0 Å². The van der Waals surface area contributed by atoms with Gasteiger partial charge in [0.15, 0.2) is 0 Å². The number of thiazole rings is 1. The maximum absolute atomic E-state index is 12.0. The second kappa shape index (κ2) is 5.84. The summed E-state index contributed by atoms with van der Waals surface area (Å²) in [5.41, 5.74) is 1.45. The fraction of sp³-hybridized carbons (Fsp3) is 0.286. The van der Waals surface area contributed by atoms with Crippen molar-refractivity contribution in [3.8, 4) is 16.3 Å². The van der Waals surface area contributed by atoms with Gasteiger partial charge in [-0.15, -0.1) is 11.3 Å². The molecule has 0 fully saturated rings. The van der Waals surface area contributed by atoms with E-state index in [-0.39, 0.29) is 5.91 Å². The lowest BCUT2D eigenvalue weighted by atomic mass is 10.2. The highest BCUT2D eigenvalue weighted by Crippen LogP contribution is 2.27. The van der Waals surface area contributed by atoms with E-state index >= 15 is 0 Å². The highest BCUT2D eigenvalue weighted by molar-refractivity contribution is 7.13. The van der Waals surface area contributed by atoms with E-state index in [0.717, 1.165) is 16.3 Å². The number of benzene rings is 1. The molecular formula is C14H16N2O2S. The number of amides is 1. The van der Waals surface area contributed by atoms with E-state index < -0.39 is 0 Å². The van der Waals surface area contributed by atoms with Crippen LogP contribution in [0, 0.1) is 0 Å². The summed E-state index contributed by atoms with van der Waals surface area (Å²) in [5.74, 6) is 0.735. The Morgan fingerprint density at radius 2 is 2.26 bits per heavy atom. The second-order valence-electron chi connectivity index (χ2n) is 4.09. The number of carbonyl (C=O) groups is 1. The molecule has 0 aliphatic rings. The van der Waals surface area contributed by atoms with Crippen LogP contribution in [0.3, 0.4) is 0 Å². The first-order valence-electron chi connectivity index (χ1n) is 6.01. The number of methoxy groups -OCH3 is 1. The Labute approximate surface area is 116 Å². The monoisotopic (exact) mass is 276 g/mol. The molecule has 1 heterocycles. The van der Waals surface area contributed by atoms with E-state index in [9.17, 15) is 4.79 Å². The summed E-state index contributed by atoms with van der Waals surface area (Å²) in [6.07, 6.45) is 0. The Bertz CT molecular complexity index is 580. The number of hydrogen-bond acceptors (Lipinski definition) is 4. The molecule has 0 aliphatic heterocycles. The summed E-state index contributed by atoms with van der Waals surface area (Å²) in [7, 11) is 3.40. The molecule has 1 aromatic carbocycles. The molecule has 0 aliphatic carbocycles. The molecule has 5 heteroatoms. The van der Waals surface area contributed by atoms with Crippen molar-refractivity contribution in [2.24, 2.45) is 0 Å². The number of nitrogens with zero attached hydrogens (tertiary/aromatic N) is 2. The van der Waals surface area contributed by atoms with Crippen molar-refractivity contribution in [3.63, 3.8) is 0 Å². The average molecular weight is 276 g/mol. The van der Waals surface area contributed by atoms with Crippen LogP contribution >= 0.6 is 11.3 Å². The molecule has 0 radical (unpaired) electrons. The Hall–Kier alpha value is -1.88. The molecule has 0 saturated carbocycles. The molecule has 0 N–H and O–H groups in total. The number of ether oxygens (including phenoxy) is 1. The van der Waals surface area contributed by atoms with Crippen LogP contribution < -0.4 is 4.74 Å². The normalized spacial score (nSPS) is 10.3. The van der Waals surface area contributed by atoms with Gasteiger partial charge in [-0.05, 0) is 19.1 Å². The van der Waals surface area contributed by atoms with Crippen molar-refractivity contribution in [3.05, 3.63) is 35.3 Å². The minimum Gasteiger partial charge on any atom is -0.497 e. The van der Waals surface area contributed by atoms with E-state index in [2.05, 4.69) is 4.98 Å². The number of aromatic nitrogens is 1. The van der Waals surface area contributed by atoms with Crippen molar-refractivity contribution >= 4 is 17.2 Å². The fourth-order valence-corrected chi connectivity index (χ4v) is 2.39. The van der Waals surface area contributed by atoms with Crippen molar-refractivity contribution in [1.29, 1.82) is 0 Å². The van der Waals surface area contributed by atoms with E-state index in [1.165, 1.54) is 11.3 Å². The maximum Gasteiger partial charge on any atom is 0.273 e. The molecule has 2 aromatic rings. The predicted octanol–water partition coefficient (Wildman–Crippen LogP) is 2.91. The standard InChI is InChI=1S/C14H16N2O2S/c1-4-16(2)14(17)12-9-19-13(15-12)10-6-5-7-11(8-10)18-3/h5-9H,4H2,1-3H3. The molecule has 1 aromatic heterocycles.